The van der Waals surface area contributed by atoms with Crippen molar-refractivity contribution in [2.24, 2.45) is 33.4 Å². The Morgan fingerprint density at radius 1 is 1.02 bits per heavy atom. The van der Waals surface area contributed by atoms with Crippen molar-refractivity contribution < 1.29 is 33.6 Å². The third-order valence-corrected chi connectivity index (χ3v) is 9.42. The maximum atomic E-state index is 14.2. The summed E-state index contributed by atoms with van der Waals surface area (Å²) in [7, 11) is 0. The molecule has 1 saturated heterocycles. The van der Waals surface area contributed by atoms with E-state index in [0.29, 0.717) is 25.0 Å². The van der Waals surface area contributed by atoms with Crippen molar-refractivity contribution in [3.05, 3.63) is 23.3 Å². The zero-order chi connectivity index (χ0) is 35.2. The third kappa shape index (κ3) is 7.15. The quantitative estimate of drug-likeness (QED) is 0.142. The molecule has 0 spiro atoms. The summed E-state index contributed by atoms with van der Waals surface area (Å²) in [4.78, 5) is 98.1. The first kappa shape index (κ1) is 35.5. The van der Waals surface area contributed by atoms with E-state index in [4.69, 9.17) is 5.73 Å². The van der Waals surface area contributed by atoms with Gasteiger partial charge in [-0.15, -0.1) is 0 Å². The second-order valence-electron chi connectivity index (χ2n) is 15.0. The fourth-order valence-electron chi connectivity index (χ4n) is 6.47. The van der Waals surface area contributed by atoms with Gasteiger partial charge in [0.15, 0.2) is 0 Å². The standard InChI is InChI=1S/C33H47N7O7/c1-9-10-20(24(41)26(34)42)36-27(43)23-22-16(2)19(22)14-39(23)30(46)25(33(6,7)8)38-31(47)37-21(32(3,4)5)15-40-28(44)17-11-12-35-13-18(17)29(40)45/h13,19-23,25H,2,9-12,14-15H2,1,3-8H3,(H2,34,42)(H,36,43)(H2,37,38,47)/t19-,20?,21-,22+,23+,25-/m1/s1. The molecule has 4 aliphatic rings. The van der Waals surface area contributed by atoms with E-state index in [9.17, 15) is 33.6 Å². The van der Waals surface area contributed by atoms with Gasteiger partial charge in [-0.3, -0.25) is 38.7 Å². The first-order valence-electron chi connectivity index (χ1n) is 16.1. The molecule has 1 saturated carbocycles. The SMILES string of the molecule is C=C1[C@H]2[C@@H]1CN(C(=O)[C@@H](NC(=O)N[C@H](CN1C(=O)C3=C(CCN=C3)C1=O)C(C)(C)C)C(C)(C)C)[C@@H]2C(=O)NC(CCC)C(=O)C(N)=O. The van der Waals surface area contributed by atoms with E-state index in [2.05, 4.69) is 27.5 Å². The highest BCUT2D eigenvalue weighted by atomic mass is 16.2. The lowest BCUT2D eigenvalue weighted by Gasteiger charge is -2.38. The summed E-state index contributed by atoms with van der Waals surface area (Å²) >= 11 is 0. The Kier molecular flexibility index (Phi) is 9.84. The van der Waals surface area contributed by atoms with Gasteiger partial charge in [-0.1, -0.05) is 67.0 Å². The van der Waals surface area contributed by atoms with Crippen LogP contribution in [-0.2, 0) is 28.8 Å². The molecule has 0 aromatic rings. The van der Waals surface area contributed by atoms with Crippen molar-refractivity contribution in [2.45, 2.75) is 91.9 Å². The van der Waals surface area contributed by atoms with E-state index in [-0.39, 0.29) is 36.9 Å². The van der Waals surface area contributed by atoms with Crippen molar-refractivity contribution in [3.63, 3.8) is 0 Å². The van der Waals surface area contributed by atoms with Crippen LogP contribution in [0.15, 0.2) is 28.3 Å². The van der Waals surface area contributed by atoms with E-state index < -0.39 is 76.3 Å². The third-order valence-electron chi connectivity index (χ3n) is 9.42. The number of carbonyl (C=O) groups excluding carboxylic acids is 7. The average molecular weight is 654 g/mol. The van der Waals surface area contributed by atoms with Crippen LogP contribution < -0.4 is 21.7 Å². The van der Waals surface area contributed by atoms with Crippen LogP contribution >= 0.6 is 0 Å². The minimum Gasteiger partial charge on any atom is -0.363 e. The van der Waals surface area contributed by atoms with Crippen molar-refractivity contribution in [1.29, 1.82) is 0 Å². The number of urea groups is 1. The van der Waals surface area contributed by atoms with Crippen molar-refractivity contribution in [2.75, 3.05) is 19.6 Å². The number of aliphatic imine (C=N–C) groups is 1. The number of rotatable bonds is 11. The Morgan fingerprint density at radius 3 is 2.23 bits per heavy atom. The second-order valence-corrected chi connectivity index (χ2v) is 15.0. The van der Waals surface area contributed by atoms with Crippen LogP contribution in [0.4, 0.5) is 4.79 Å². The van der Waals surface area contributed by atoms with Crippen LogP contribution in [0.2, 0.25) is 0 Å². The minimum atomic E-state index is -1.16. The zero-order valence-corrected chi connectivity index (χ0v) is 28.3. The van der Waals surface area contributed by atoms with Gasteiger partial charge >= 0.3 is 6.03 Å². The monoisotopic (exact) mass is 653 g/mol. The fraction of sp³-hybridized carbons (Fsp3) is 0.636. The summed E-state index contributed by atoms with van der Waals surface area (Å²) in [6.45, 7) is 17.3. The summed E-state index contributed by atoms with van der Waals surface area (Å²) in [6.07, 6.45) is 2.51. The van der Waals surface area contributed by atoms with Gasteiger partial charge in [0.05, 0.1) is 24.2 Å². The largest absolute Gasteiger partial charge is 0.363 e. The lowest BCUT2D eigenvalue weighted by molar-refractivity contribution is -0.144. The van der Waals surface area contributed by atoms with E-state index >= 15 is 0 Å². The Morgan fingerprint density at radius 2 is 1.68 bits per heavy atom. The van der Waals surface area contributed by atoms with E-state index in [1.807, 2.05) is 20.8 Å². The molecule has 2 fully saturated rings. The molecule has 7 amide bonds. The van der Waals surface area contributed by atoms with Crippen LogP contribution in [0.1, 0.15) is 67.7 Å². The van der Waals surface area contributed by atoms with Gasteiger partial charge in [0.2, 0.25) is 17.6 Å². The van der Waals surface area contributed by atoms with E-state index in [1.165, 1.54) is 11.1 Å². The number of nitrogens with two attached hydrogens (primary N) is 1. The number of ketones is 1. The summed E-state index contributed by atoms with van der Waals surface area (Å²) in [6, 6.07) is -4.54. The molecule has 5 N–H and O–H groups in total. The fourth-order valence-corrected chi connectivity index (χ4v) is 6.47. The number of fused-ring (bicyclic) bond motifs is 1. The number of nitrogens with zero attached hydrogens (tertiary/aromatic N) is 3. The molecule has 256 valence electrons. The van der Waals surface area contributed by atoms with Crippen molar-refractivity contribution >= 4 is 47.6 Å². The Balaban J connectivity index is 1.50. The molecule has 1 unspecified atom stereocenters. The van der Waals surface area contributed by atoms with Gasteiger partial charge in [-0.05, 0) is 23.7 Å². The lowest BCUT2D eigenvalue weighted by Crippen LogP contribution is -2.62. The predicted molar refractivity (Wildman–Crippen MR) is 173 cm³/mol. The van der Waals surface area contributed by atoms with Crippen molar-refractivity contribution in [3.8, 4) is 0 Å². The molecular weight excluding hydrogens is 606 g/mol. The predicted octanol–water partition coefficient (Wildman–Crippen LogP) is 0.607. The first-order valence-corrected chi connectivity index (χ1v) is 16.1. The number of imide groups is 1. The van der Waals surface area contributed by atoms with Gasteiger partial charge in [-0.2, -0.15) is 0 Å². The highest BCUT2D eigenvalue weighted by Crippen LogP contribution is 2.54. The van der Waals surface area contributed by atoms with Crippen LogP contribution in [0.5, 0.6) is 0 Å². The number of dihydropyridines is 1. The second kappa shape index (κ2) is 13.0. The lowest BCUT2D eigenvalue weighted by atomic mass is 9.85. The number of hydrogen-bond acceptors (Lipinski definition) is 8. The summed E-state index contributed by atoms with van der Waals surface area (Å²) in [5.41, 5.74) is 5.34. The number of likely N-dealkylation sites (tertiary alicyclic amines) is 1. The van der Waals surface area contributed by atoms with Crippen LogP contribution in [0, 0.1) is 22.7 Å². The zero-order valence-electron chi connectivity index (χ0n) is 28.3. The number of carbonyl (C=O) groups is 7. The minimum absolute atomic E-state index is 0.0770. The number of piperidine rings is 1. The Labute approximate surface area is 275 Å². The molecule has 3 heterocycles. The average Bonchev–Trinajstić information content (AvgIpc) is 3.31. The van der Waals surface area contributed by atoms with Gasteiger partial charge in [0.1, 0.15) is 12.1 Å². The normalized spacial score (nSPS) is 24.0. The van der Waals surface area contributed by atoms with Gasteiger partial charge in [0, 0.05) is 36.7 Å². The molecule has 0 aromatic heterocycles. The maximum absolute atomic E-state index is 14.2. The number of nitrogens with one attached hydrogen (secondary N) is 3. The van der Waals surface area contributed by atoms with Gasteiger partial charge < -0.3 is 26.6 Å². The van der Waals surface area contributed by atoms with Crippen LogP contribution in [0.3, 0.4) is 0 Å². The highest BCUT2D eigenvalue weighted by molar-refractivity contribution is 6.37. The molecule has 1 aliphatic carbocycles. The van der Waals surface area contributed by atoms with E-state index in [0.717, 1.165) is 10.5 Å². The molecule has 0 aromatic carbocycles. The Hall–Kier alpha value is -4.36. The van der Waals surface area contributed by atoms with Gasteiger partial charge in [0.25, 0.3) is 17.7 Å². The highest BCUT2D eigenvalue weighted by Gasteiger charge is 2.61. The number of amides is 7. The first-order chi connectivity index (χ1) is 21.8. The van der Waals surface area contributed by atoms with E-state index in [1.54, 1.807) is 27.7 Å². The smallest absolute Gasteiger partial charge is 0.315 e. The number of primary amides is 1. The molecule has 0 radical (unpaired) electrons. The molecule has 14 nitrogen and oxygen atoms in total. The van der Waals surface area contributed by atoms with Crippen molar-refractivity contribution in [1.82, 2.24) is 25.8 Å². The molecule has 47 heavy (non-hydrogen) atoms. The summed E-state index contributed by atoms with van der Waals surface area (Å²) in [5, 5.41) is 8.31. The number of hydrogen-bond donors (Lipinski definition) is 4. The Bertz CT molecular complexity index is 1470. The van der Waals surface area contributed by atoms with Gasteiger partial charge in [-0.25, -0.2) is 4.79 Å². The number of Topliss-reactive ketones (excluding diaryl/α,β-unsaturated/α-hetero) is 1. The molecule has 4 rings (SSSR count). The van der Waals surface area contributed by atoms with Crippen LogP contribution in [0.25, 0.3) is 0 Å². The molecule has 6 atom stereocenters. The molecular formula is C33H47N7O7. The topological polar surface area (TPSA) is 200 Å². The molecule has 0 bridgehead atoms. The molecule has 3 aliphatic heterocycles. The summed E-state index contributed by atoms with van der Waals surface area (Å²) < 4.78 is 0. The summed E-state index contributed by atoms with van der Waals surface area (Å²) in [5.74, 6) is -4.43. The molecule has 14 heteroatoms. The maximum Gasteiger partial charge on any atom is 0.315 e. The van der Waals surface area contributed by atoms with Crippen LogP contribution in [-0.4, -0.2) is 101 Å².